The molecule has 2 rings (SSSR count). The van der Waals surface area contributed by atoms with Gasteiger partial charge in [0.25, 0.3) is 0 Å². The Labute approximate surface area is 110 Å². The molecule has 100 valence electrons. The van der Waals surface area contributed by atoms with Crippen LogP contribution in [0.5, 0.6) is 5.75 Å². The van der Waals surface area contributed by atoms with Crippen LogP contribution in [0.1, 0.15) is 22.7 Å². The van der Waals surface area contributed by atoms with Gasteiger partial charge in [-0.3, -0.25) is 0 Å². The van der Waals surface area contributed by atoms with Crippen molar-refractivity contribution in [2.45, 2.75) is 13.0 Å². The van der Waals surface area contributed by atoms with E-state index in [1.807, 2.05) is 0 Å². The molecule has 2 aromatic rings. The first kappa shape index (κ1) is 13.5. The summed E-state index contributed by atoms with van der Waals surface area (Å²) >= 11 is 0. The number of benzene rings is 2. The number of nitrogens with two attached hydrogens (primary N) is 1. The van der Waals surface area contributed by atoms with Crippen molar-refractivity contribution in [1.29, 1.82) is 0 Å². The highest BCUT2D eigenvalue weighted by Crippen LogP contribution is 2.31. The van der Waals surface area contributed by atoms with Crippen LogP contribution in [-0.2, 0) is 0 Å². The van der Waals surface area contributed by atoms with Gasteiger partial charge in [0.2, 0.25) is 0 Å². The van der Waals surface area contributed by atoms with E-state index in [0.717, 1.165) is 0 Å². The van der Waals surface area contributed by atoms with Crippen LogP contribution in [0.15, 0.2) is 36.4 Å². The first-order chi connectivity index (χ1) is 9.06. The fourth-order valence-electron chi connectivity index (χ4n) is 2.04. The summed E-state index contributed by atoms with van der Waals surface area (Å²) in [6, 6.07) is 8.65. The van der Waals surface area contributed by atoms with Crippen LogP contribution in [0.4, 0.5) is 8.78 Å². The summed E-state index contributed by atoms with van der Waals surface area (Å²) in [7, 11) is 1.49. The van der Waals surface area contributed by atoms with Crippen molar-refractivity contribution >= 4 is 0 Å². The molecule has 1 unspecified atom stereocenters. The Balaban J connectivity index is 2.56. The van der Waals surface area contributed by atoms with Crippen molar-refractivity contribution in [3.63, 3.8) is 0 Å². The predicted octanol–water partition coefficient (Wildman–Crippen LogP) is 3.33. The van der Waals surface area contributed by atoms with Crippen molar-refractivity contribution in [2.75, 3.05) is 7.11 Å². The minimum absolute atomic E-state index is 0.135. The molecular formula is C15H15F2NO. The lowest BCUT2D eigenvalue weighted by atomic mass is 9.96. The highest BCUT2D eigenvalue weighted by molar-refractivity contribution is 5.43. The third-order valence-corrected chi connectivity index (χ3v) is 3.10. The summed E-state index contributed by atoms with van der Waals surface area (Å²) in [6.45, 7) is 1.58. The van der Waals surface area contributed by atoms with Crippen LogP contribution in [0, 0.1) is 18.6 Å². The lowest BCUT2D eigenvalue weighted by molar-refractivity contribution is 0.406. The molecular weight excluding hydrogens is 248 g/mol. The fourth-order valence-corrected chi connectivity index (χ4v) is 2.04. The zero-order valence-corrected chi connectivity index (χ0v) is 10.8. The molecule has 0 heterocycles. The Kier molecular flexibility index (Phi) is 3.81. The normalized spacial score (nSPS) is 12.3. The van der Waals surface area contributed by atoms with E-state index in [-0.39, 0.29) is 5.56 Å². The molecule has 0 bridgehead atoms. The number of hydrogen-bond donors (Lipinski definition) is 1. The van der Waals surface area contributed by atoms with Crippen molar-refractivity contribution < 1.29 is 13.5 Å². The summed E-state index contributed by atoms with van der Waals surface area (Å²) in [4.78, 5) is 0. The second-order valence-corrected chi connectivity index (χ2v) is 4.31. The van der Waals surface area contributed by atoms with E-state index in [0.29, 0.717) is 16.9 Å². The first-order valence-corrected chi connectivity index (χ1v) is 5.89. The SMILES string of the molecule is COc1ccccc1C(N)c1c(F)ccc(C)c1F. The molecule has 0 aliphatic carbocycles. The average Bonchev–Trinajstić information content (AvgIpc) is 2.43. The zero-order chi connectivity index (χ0) is 14.0. The van der Waals surface area contributed by atoms with Gasteiger partial charge in [0.05, 0.1) is 13.2 Å². The maximum atomic E-state index is 14.1. The summed E-state index contributed by atoms with van der Waals surface area (Å²) in [5.41, 5.74) is 6.78. The summed E-state index contributed by atoms with van der Waals surface area (Å²) in [5, 5.41) is 0. The monoisotopic (exact) mass is 263 g/mol. The standard InChI is InChI=1S/C15H15F2NO/c1-9-7-8-11(16)13(14(9)17)15(18)10-5-3-4-6-12(10)19-2/h3-8,15H,18H2,1-2H3. The van der Waals surface area contributed by atoms with Gasteiger partial charge in [-0.1, -0.05) is 24.3 Å². The van der Waals surface area contributed by atoms with Crippen LogP contribution in [-0.4, -0.2) is 7.11 Å². The fraction of sp³-hybridized carbons (Fsp3) is 0.200. The average molecular weight is 263 g/mol. The highest BCUT2D eigenvalue weighted by atomic mass is 19.1. The van der Waals surface area contributed by atoms with Crippen molar-refractivity contribution in [3.8, 4) is 5.75 Å². The summed E-state index contributed by atoms with van der Waals surface area (Å²) < 4.78 is 33.1. The molecule has 0 aromatic heterocycles. The molecule has 0 saturated heterocycles. The van der Waals surface area contributed by atoms with Gasteiger partial charge in [-0.15, -0.1) is 0 Å². The highest BCUT2D eigenvalue weighted by Gasteiger charge is 2.22. The molecule has 0 amide bonds. The Hall–Kier alpha value is -1.94. The van der Waals surface area contributed by atoms with Crippen LogP contribution < -0.4 is 10.5 Å². The molecule has 0 spiro atoms. The van der Waals surface area contributed by atoms with Gasteiger partial charge in [0.1, 0.15) is 17.4 Å². The smallest absolute Gasteiger partial charge is 0.134 e. The van der Waals surface area contributed by atoms with Gasteiger partial charge in [0.15, 0.2) is 0 Å². The lowest BCUT2D eigenvalue weighted by Gasteiger charge is -2.18. The Morgan fingerprint density at radius 3 is 2.47 bits per heavy atom. The maximum absolute atomic E-state index is 14.1. The number of halogens is 2. The van der Waals surface area contributed by atoms with Crippen LogP contribution >= 0.6 is 0 Å². The van der Waals surface area contributed by atoms with Crippen LogP contribution in [0.2, 0.25) is 0 Å². The molecule has 0 radical (unpaired) electrons. The summed E-state index contributed by atoms with van der Waals surface area (Å²) in [5.74, 6) is -0.754. The quantitative estimate of drug-likeness (QED) is 0.921. The van der Waals surface area contributed by atoms with E-state index < -0.39 is 17.7 Å². The van der Waals surface area contributed by atoms with Crippen molar-refractivity contribution in [2.24, 2.45) is 5.73 Å². The molecule has 0 saturated carbocycles. The van der Waals surface area contributed by atoms with Crippen LogP contribution in [0.25, 0.3) is 0 Å². The molecule has 0 aliphatic rings. The minimum atomic E-state index is -0.906. The molecule has 2 nitrogen and oxygen atoms in total. The minimum Gasteiger partial charge on any atom is -0.496 e. The van der Waals surface area contributed by atoms with E-state index in [9.17, 15) is 8.78 Å². The van der Waals surface area contributed by atoms with Gasteiger partial charge in [-0.2, -0.15) is 0 Å². The molecule has 19 heavy (non-hydrogen) atoms. The largest absolute Gasteiger partial charge is 0.496 e. The second kappa shape index (κ2) is 5.36. The third kappa shape index (κ3) is 2.44. The van der Waals surface area contributed by atoms with Crippen LogP contribution in [0.3, 0.4) is 0 Å². The van der Waals surface area contributed by atoms with E-state index >= 15 is 0 Å². The van der Waals surface area contributed by atoms with E-state index in [4.69, 9.17) is 10.5 Å². The molecule has 4 heteroatoms. The Morgan fingerprint density at radius 1 is 1.11 bits per heavy atom. The number of methoxy groups -OCH3 is 1. The lowest BCUT2D eigenvalue weighted by Crippen LogP contribution is -2.17. The Morgan fingerprint density at radius 2 is 1.79 bits per heavy atom. The zero-order valence-electron chi connectivity index (χ0n) is 10.8. The maximum Gasteiger partial charge on any atom is 0.134 e. The Bertz CT molecular complexity index is 599. The molecule has 0 aliphatic heterocycles. The predicted molar refractivity (Wildman–Crippen MR) is 70.1 cm³/mol. The van der Waals surface area contributed by atoms with Crippen molar-refractivity contribution in [3.05, 3.63) is 64.7 Å². The number of aryl methyl sites for hydroxylation is 1. The van der Waals surface area contributed by atoms with Gasteiger partial charge >= 0.3 is 0 Å². The number of rotatable bonds is 3. The second-order valence-electron chi connectivity index (χ2n) is 4.31. The van der Waals surface area contributed by atoms with Gasteiger partial charge < -0.3 is 10.5 Å². The van der Waals surface area contributed by atoms with Gasteiger partial charge in [-0.25, -0.2) is 8.78 Å². The molecule has 2 aromatic carbocycles. The van der Waals surface area contributed by atoms with Gasteiger partial charge in [-0.05, 0) is 24.6 Å². The first-order valence-electron chi connectivity index (χ1n) is 5.89. The topological polar surface area (TPSA) is 35.2 Å². The summed E-state index contributed by atoms with van der Waals surface area (Å²) in [6.07, 6.45) is 0. The van der Waals surface area contributed by atoms with E-state index in [2.05, 4.69) is 0 Å². The molecule has 1 atom stereocenters. The van der Waals surface area contributed by atoms with E-state index in [1.165, 1.54) is 19.2 Å². The van der Waals surface area contributed by atoms with Gasteiger partial charge in [0, 0.05) is 11.1 Å². The number of ether oxygens (including phenoxy) is 1. The molecule has 2 N–H and O–H groups in total. The molecule has 0 fully saturated rings. The van der Waals surface area contributed by atoms with Crippen molar-refractivity contribution in [1.82, 2.24) is 0 Å². The third-order valence-electron chi connectivity index (χ3n) is 3.10. The number of hydrogen-bond acceptors (Lipinski definition) is 2. The number of para-hydroxylation sites is 1. The van der Waals surface area contributed by atoms with E-state index in [1.54, 1.807) is 31.2 Å².